The van der Waals surface area contributed by atoms with E-state index in [1.54, 1.807) is 28.4 Å². The van der Waals surface area contributed by atoms with Crippen molar-refractivity contribution in [3.63, 3.8) is 0 Å². The molecular weight excluding hydrogens is 360 g/mol. The maximum Gasteiger partial charge on any atom is 0.203 e. The maximum atomic E-state index is 5.36. The highest BCUT2D eigenvalue weighted by Crippen LogP contribution is 2.38. The summed E-state index contributed by atoms with van der Waals surface area (Å²) in [6.45, 7) is 0. The molecule has 4 nitrogen and oxygen atoms in total. The first kappa shape index (κ1) is 17.2. The topological polar surface area (TPSA) is 36.9 Å². The minimum atomic E-state index is 0.583. The molecule has 0 N–H and O–H groups in total. The monoisotopic (exact) mass is 378 g/mol. The Hall–Kier alpha value is -2.14. The molecule has 2 aromatic rings. The van der Waals surface area contributed by atoms with Gasteiger partial charge in [-0.2, -0.15) is 0 Å². The van der Waals surface area contributed by atoms with Gasteiger partial charge in [-0.25, -0.2) is 0 Å². The van der Waals surface area contributed by atoms with E-state index < -0.39 is 0 Å². The SMILES string of the molecule is COc1ccc(C=Cc2cc(OC)c(OC)c(OC)c2)cc1Br. The third kappa shape index (κ3) is 3.99. The summed E-state index contributed by atoms with van der Waals surface area (Å²) < 4.78 is 22.2. The van der Waals surface area contributed by atoms with E-state index >= 15 is 0 Å². The van der Waals surface area contributed by atoms with Crippen molar-refractivity contribution < 1.29 is 18.9 Å². The van der Waals surface area contributed by atoms with E-state index in [-0.39, 0.29) is 0 Å². The molecule has 0 heterocycles. The summed E-state index contributed by atoms with van der Waals surface area (Å²) in [5, 5.41) is 0. The lowest BCUT2D eigenvalue weighted by Crippen LogP contribution is -1.95. The Morgan fingerprint density at radius 3 is 1.74 bits per heavy atom. The van der Waals surface area contributed by atoms with Crippen LogP contribution in [0.2, 0.25) is 0 Å². The number of halogens is 1. The number of ether oxygens (including phenoxy) is 4. The number of hydrogen-bond acceptors (Lipinski definition) is 4. The molecule has 2 rings (SSSR count). The summed E-state index contributed by atoms with van der Waals surface area (Å²) in [5.74, 6) is 2.64. The Balaban J connectivity index is 2.34. The van der Waals surface area contributed by atoms with Crippen LogP contribution in [0.5, 0.6) is 23.0 Å². The van der Waals surface area contributed by atoms with Crippen molar-refractivity contribution >= 4 is 28.1 Å². The van der Waals surface area contributed by atoms with Crippen LogP contribution in [0.15, 0.2) is 34.8 Å². The minimum absolute atomic E-state index is 0.583. The fourth-order valence-electron chi connectivity index (χ4n) is 2.18. The highest BCUT2D eigenvalue weighted by Gasteiger charge is 2.11. The van der Waals surface area contributed by atoms with Gasteiger partial charge in [0.25, 0.3) is 0 Å². The van der Waals surface area contributed by atoms with E-state index in [1.165, 1.54) is 0 Å². The van der Waals surface area contributed by atoms with Crippen LogP contribution < -0.4 is 18.9 Å². The first-order valence-electron chi connectivity index (χ1n) is 6.94. The Morgan fingerprint density at radius 2 is 1.26 bits per heavy atom. The van der Waals surface area contributed by atoms with Gasteiger partial charge >= 0.3 is 0 Å². The molecule has 0 aliphatic carbocycles. The second kappa shape index (κ2) is 7.92. The smallest absolute Gasteiger partial charge is 0.203 e. The second-order valence-electron chi connectivity index (χ2n) is 4.69. The first-order chi connectivity index (χ1) is 11.1. The van der Waals surface area contributed by atoms with Gasteiger partial charge in [-0.15, -0.1) is 0 Å². The van der Waals surface area contributed by atoms with Gasteiger partial charge in [0.05, 0.1) is 32.9 Å². The van der Waals surface area contributed by atoms with E-state index in [0.29, 0.717) is 17.2 Å². The van der Waals surface area contributed by atoms with Gasteiger partial charge in [0, 0.05) is 0 Å². The van der Waals surface area contributed by atoms with E-state index in [9.17, 15) is 0 Å². The van der Waals surface area contributed by atoms with Gasteiger partial charge < -0.3 is 18.9 Å². The molecule has 122 valence electrons. The van der Waals surface area contributed by atoms with Crippen LogP contribution in [0, 0.1) is 0 Å². The maximum absolute atomic E-state index is 5.36. The molecule has 23 heavy (non-hydrogen) atoms. The fraction of sp³-hybridized carbons (Fsp3) is 0.222. The molecule has 0 aliphatic heterocycles. The summed E-state index contributed by atoms with van der Waals surface area (Å²) in [5.41, 5.74) is 2.00. The molecule has 0 saturated heterocycles. The van der Waals surface area contributed by atoms with Crippen LogP contribution >= 0.6 is 15.9 Å². The highest BCUT2D eigenvalue weighted by molar-refractivity contribution is 9.10. The minimum Gasteiger partial charge on any atom is -0.496 e. The molecule has 0 aromatic heterocycles. The summed E-state index contributed by atoms with van der Waals surface area (Å²) in [7, 11) is 6.44. The summed E-state index contributed by atoms with van der Waals surface area (Å²) >= 11 is 3.48. The third-order valence-electron chi connectivity index (χ3n) is 3.33. The zero-order valence-electron chi connectivity index (χ0n) is 13.6. The first-order valence-corrected chi connectivity index (χ1v) is 7.73. The van der Waals surface area contributed by atoms with Crippen molar-refractivity contribution in [3.8, 4) is 23.0 Å². The van der Waals surface area contributed by atoms with Crippen molar-refractivity contribution in [2.24, 2.45) is 0 Å². The number of hydrogen-bond donors (Lipinski definition) is 0. The lowest BCUT2D eigenvalue weighted by Gasteiger charge is -2.12. The van der Waals surface area contributed by atoms with Gasteiger partial charge in [0.1, 0.15) is 5.75 Å². The molecule has 2 aromatic carbocycles. The van der Waals surface area contributed by atoms with Crippen LogP contribution in [0.25, 0.3) is 12.2 Å². The van der Waals surface area contributed by atoms with Crippen LogP contribution in [0.3, 0.4) is 0 Å². The molecule has 5 heteroatoms. The molecule has 0 aliphatic rings. The predicted molar refractivity (Wildman–Crippen MR) is 95.7 cm³/mol. The van der Waals surface area contributed by atoms with Crippen molar-refractivity contribution in [3.05, 3.63) is 45.9 Å². The lowest BCUT2D eigenvalue weighted by atomic mass is 10.1. The zero-order chi connectivity index (χ0) is 16.8. The van der Waals surface area contributed by atoms with E-state index in [1.807, 2.05) is 42.5 Å². The van der Waals surface area contributed by atoms with Gasteiger partial charge in [0.2, 0.25) is 5.75 Å². The molecule has 0 fully saturated rings. The van der Waals surface area contributed by atoms with E-state index in [2.05, 4.69) is 15.9 Å². The predicted octanol–water partition coefficient (Wildman–Crippen LogP) is 4.65. The number of rotatable bonds is 6. The molecule has 0 radical (unpaired) electrons. The van der Waals surface area contributed by atoms with Crippen LogP contribution in [0.4, 0.5) is 0 Å². The standard InChI is InChI=1S/C18H19BrO4/c1-20-15-8-7-12(9-14(15)19)5-6-13-10-16(21-2)18(23-4)17(11-13)22-3/h5-11H,1-4H3. The molecule has 0 amide bonds. The van der Waals surface area contributed by atoms with Crippen LogP contribution in [-0.2, 0) is 0 Å². The van der Waals surface area contributed by atoms with Gasteiger partial charge in [0.15, 0.2) is 11.5 Å². The van der Waals surface area contributed by atoms with Crippen molar-refractivity contribution in [1.29, 1.82) is 0 Å². The Labute approximate surface area is 144 Å². The van der Waals surface area contributed by atoms with Gasteiger partial charge in [-0.1, -0.05) is 18.2 Å². The van der Waals surface area contributed by atoms with Gasteiger partial charge in [-0.05, 0) is 51.3 Å². The number of benzene rings is 2. The largest absolute Gasteiger partial charge is 0.496 e. The average Bonchev–Trinajstić information content (AvgIpc) is 2.58. The average molecular weight is 379 g/mol. The van der Waals surface area contributed by atoms with Gasteiger partial charge in [-0.3, -0.25) is 0 Å². The summed E-state index contributed by atoms with van der Waals surface area (Å²) in [6.07, 6.45) is 3.99. The van der Waals surface area contributed by atoms with Crippen LogP contribution in [-0.4, -0.2) is 28.4 Å². The molecule has 0 atom stereocenters. The summed E-state index contributed by atoms with van der Waals surface area (Å²) in [4.78, 5) is 0. The Bertz CT molecular complexity index is 685. The van der Waals surface area contributed by atoms with Crippen molar-refractivity contribution in [2.45, 2.75) is 0 Å². The quantitative estimate of drug-likeness (QED) is 0.685. The van der Waals surface area contributed by atoms with Crippen molar-refractivity contribution in [2.75, 3.05) is 28.4 Å². The van der Waals surface area contributed by atoms with Crippen LogP contribution in [0.1, 0.15) is 11.1 Å². The normalized spacial score (nSPS) is 10.7. The number of methoxy groups -OCH3 is 4. The zero-order valence-corrected chi connectivity index (χ0v) is 15.1. The molecule has 0 unspecified atom stereocenters. The van der Waals surface area contributed by atoms with E-state index in [4.69, 9.17) is 18.9 Å². The Kier molecular flexibility index (Phi) is 5.93. The third-order valence-corrected chi connectivity index (χ3v) is 3.95. The van der Waals surface area contributed by atoms with E-state index in [0.717, 1.165) is 21.3 Å². The fourth-order valence-corrected chi connectivity index (χ4v) is 2.73. The van der Waals surface area contributed by atoms with Crippen molar-refractivity contribution in [1.82, 2.24) is 0 Å². The molecule has 0 saturated carbocycles. The summed E-state index contributed by atoms with van der Waals surface area (Å²) in [6, 6.07) is 9.69. The highest BCUT2D eigenvalue weighted by atomic mass is 79.9. The molecule has 0 spiro atoms. The Morgan fingerprint density at radius 1 is 0.696 bits per heavy atom. The second-order valence-corrected chi connectivity index (χ2v) is 5.54. The lowest BCUT2D eigenvalue weighted by molar-refractivity contribution is 0.324. The molecular formula is C18H19BrO4. The molecule has 0 bridgehead atoms.